The van der Waals surface area contributed by atoms with E-state index >= 15 is 0 Å². The van der Waals surface area contributed by atoms with Crippen molar-refractivity contribution in [3.63, 3.8) is 0 Å². The molecule has 1 saturated carbocycles. The molecule has 2 heterocycles. The molecule has 0 aromatic carbocycles. The molecule has 1 aromatic heterocycles. The summed E-state index contributed by atoms with van der Waals surface area (Å²) in [5.41, 5.74) is 0.649. The van der Waals surface area contributed by atoms with Gasteiger partial charge in [-0.1, -0.05) is 0 Å². The second-order valence-corrected chi connectivity index (χ2v) is 7.08. The number of amides is 2. The maximum atomic E-state index is 12.5. The number of aromatic nitrogens is 1. The Bertz CT molecular complexity index is 602. The van der Waals surface area contributed by atoms with Crippen molar-refractivity contribution < 1.29 is 9.59 Å². The molecule has 2 aliphatic rings. The van der Waals surface area contributed by atoms with Crippen LogP contribution in [0.3, 0.4) is 0 Å². The third kappa shape index (κ3) is 3.75. The van der Waals surface area contributed by atoms with Crippen LogP contribution in [0.2, 0.25) is 0 Å². The van der Waals surface area contributed by atoms with E-state index in [0.29, 0.717) is 23.6 Å². The fourth-order valence-electron chi connectivity index (χ4n) is 3.48. The van der Waals surface area contributed by atoms with Crippen LogP contribution in [-0.4, -0.2) is 39.8 Å². The smallest absolute Gasteiger partial charge is 0.241 e. The van der Waals surface area contributed by atoms with Gasteiger partial charge in [-0.2, -0.15) is 0 Å². The lowest BCUT2D eigenvalue weighted by Gasteiger charge is -2.31. The molecule has 0 radical (unpaired) electrons. The fraction of sp³-hybridized carbons (Fsp3) is 0.611. The van der Waals surface area contributed by atoms with E-state index < -0.39 is 0 Å². The van der Waals surface area contributed by atoms with E-state index in [2.05, 4.69) is 34.4 Å². The molecule has 3 atom stereocenters. The van der Waals surface area contributed by atoms with Gasteiger partial charge in [0.25, 0.3) is 0 Å². The summed E-state index contributed by atoms with van der Waals surface area (Å²) in [6.07, 6.45) is 5.78. The minimum atomic E-state index is -0.174. The molecule has 2 amide bonds. The van der Waals surface area contributed by atoms with Gasteiger partial charge in [-0.25, -0.2) is 4.98 Å². The lowest BCUT2D eigenvalue weighted by atomic mass is 10.2. The van der Waals surface area contributed by atoms with Crippen LogP contribution in [0.5, 0.6) is 0 Å². The summed E-state index contributed by atoms with van der Waals surface area (Å²) >= 11 is 0. The molecule has 6 heteroatoms. The number of anilines is 2. The molecule has 1 aliphatic carbocycles. The fourth-order valence-corrected chi connectivity index (χ4v) is 3.48. The Balaban J connectivity index is 1.56. The number of hydrogen-bond donors (Lipinski definition) is 2. The minimum Gasteiger partial charge on any atom is -0.323 e. The molecule has 2 N–H and O–H groups in total. The second-order valence-electron chi connectivity index (χ2n) is 7.08. The Morgan fingerprint density at radius 2 is 1.79 bits per heavy atom. The lowest BCUT2D eigenvalue weighted by Crippen LogP contribution is -2.46. The summed E-state index contributed by atoms with van der Waals surface area (Å²) in [5, 5.41) is 5.71. The van der Waals surface area contributed by atoms with Gasteiger partial charge in [0, 0.05) is 18.0 Å². The van der Waals surface area contributed by atoms with E-state index in [1.807, 2.05) is 6.92 Å². The maximum Gasteiger partial charge on any atom is 0.241 e. The van der Waals surface area contributed by atoms with Crippen LogP contribution < -0.4 is 10.6 Å². The van der Waals surface area contributed by atoms with Crippen molar-refractivity contribution in [2.75, 3.05) is 10.6 Å². The first kappa shape index (κ1) is 16.9. The van der Waals surface area contributed by atoms with Gasteiger partial charge in [-0.15, -0.1) is 0 Å². The lowest BCUT2D eigenvalue weighted by molar-refractivity contribution is -0.121. The van der Waals surface area contributed by atoms with Crippen molar-refractivity contribution in [3.8, 4) is 0 Å². The van der Waals surface area contributed by atoms with Gasteiger partial charge in [0.2, 0.25) is 11.8 Å². The van der Waals surface area contributed by atoms with Gasteiger partial charge in [-0.3, -0.25) is 14.5 Å². The molecule has 1 aromatic rings. The highest BCUT2D eigenvalue weighted by atomic mass is 16.2. The summed E-state index contributed by atoms with van der Waals surface area (Å²) in [4.78, 5) is 30.7. The van der Waals surface area contributed by atoms with Gasteiger partial charge in [-0.05, 0) is 58.6 Å². The van der Waals surface area contributed by atoms with Crippen molar-refractivity contribution in [3.05, 3.63) is 18.3 Å². The summed E-state index contributed by atoms with van der Waals surface area (Å²) in [5.74, 6) is 0.688. The number of pyridine rings is 1. The molecule has 0 unspecified atom stereocenters. The number of carbonyl (C=O) groups excluding carboxylic acids is 2. The highest BCUT2D eigenvalue weighted by Crippen LogP contribution is 2.30. The molecule has 3 rings (SSSR count). The van der Waals surface area contributed by atoms with Crippen molar-refractivity contribution in [1.29, 1.82) is 0 Å². The summed E-state index contributed by atoms with van der Waals surface area (Å²) in [6.45, 7) is 6.30. The third-order valence-corrected chi connectivity index (χ3v) is 5.08. The van der Waals surface area contributed by atoms with Crippen molar-refractivity contribution in [2.45, 2.75) is 64.6 Å². The van der Waals surface area contributed by atoms with Crippen molar-refractivity contribution in [2.24, 2.45) is 5.92 Å². The first-order valence-corrected chi connectivity index (χ1v) is 8.81. The van der Waals surface area contributed by atoms with Crippen LogP contribution in [-0.2, 0) is 9.59 Å². The van der Waals surface area contributed by atoms with Gasteiger partial charge in [0.1, 0.15) is 5.82 Å². The van der Waals surface area contributed by atoms with E-state index in [-0.39, 0.29) is 23.8 Å². The Morgan fingerprint density at radius 1 is 1.12 bits per heavy atom. The normalized spacial score (nSPS) is 25.3. The van der Waals surface area contributed by atoms with Crippen molar-refractivity contribution in [1.82, 2.24) is 9.88 Å². The Labute approximate surface area is 143 Å². The maximum absolute atomic E-state index is 12.5. The quantitative estimate of drug-likeness (QED) is 0.870. The second kappa shape index (κ2) is 6.89. The third-order valence-electron chi connectivity index (χ3n) is 5.08. The SMILES string of the molecule is C[C@@H]1CC[C@@H](C)N1[C@@H](C)C(=O)Nc1ccc(NC(=O)C2CC2)nc1. The zero-order valence-electron chi connectivity index (χ0n) is 14.6. The van der Waals surface area contributed by atoms with E-state index in [4.69, 9.17) is 0 Å². The number of nitrogens with one attached hydrogen (secondary N) is 2. The largest absolute Gasteiger partial charge is 0.323 e. The molecule has 130 valence electrons. The first-order valence-electron chi connectivity index (χ1n) is 8.81. The summed E-state index contributed by atoms with van der Waals surface area (Å²) < 4.78 is 0. The van der Waals surface area contributed by atoms with Gasteiger partial charge in [0.15, 0.2) is 0 Å². The Morgan fingerprint density at radius 3 is 2.33 bits per heavy atom. The number of carbonyl (C=O) groups is 2. The summed E-state index contributed by atoms with van der Waals surface area (Å²) in [6, 6.07) is 4.18. The zero-order valence-corrected chi connectivity index (χ0v) is 14.6. The Hall–Kier alpha value is -1.95. The van der Waals surface area contributed by atoms with Crippen LogP contribution in [0.25, 0.3) is 0 Å². The summed E-state index contributed by atoms with van der Waals surface area (Å²) in [7, 11) is 0. The molecule has 0 spiro atoms. The highest BCUT2D eigenvalue weighted by molar-refractivity contribution is 5.95. The average molecular weight is 330 g/mol. The average Bonchev–Trinajstić information content (AvgIpc) is 3.35. The topological polar surface area (TPSA) is 74.3 Å². The molecule has 1 aliphatic heterocycles. The van der Waals surface area contributed by atoms with E-state index in [9.17, 15) is 9.59 Å². The first-order chi connectivity index (χ1) is 11.5. The predicted octanol–water partition coefficient (Wildman–Crippen LogP) is 2.63. The Kier molecular flexibility index (Phi) is 4.85. The van der Waals surface area contributed by atoms with Crippen LogP contribution in [0.1, 0.15) is 46.5 Å². The molecular weight excluding hydrogens is 304 g/mol. The van der Waals surface area contributed by atoms with Gasteiger partial charge in [0.05, 0.1) is 17.9 Å². The number of hydrogen-bond acceptors (Lipinski definition) is 4. The van der Waals surface area contributed by atoms with Crippen LogP contribution in [0.4, 0.5) is 11.5 Å². The van der Waals surface area contributed by atoms with Crippen LogP contribution >= 0.6 is 0 Å². The van der Waals surface area contributed by atoms with Crippen LogP contribution in [0, 0.1) is 5.92 Å². The van der Waals surface area contributed by atoms with E-state index in [1.54, 1.807) is 18.3 Å². The molecule has 0 bridgehead atoms. The highest BCUT2D eigenvalue weighted by Gasteiger charge is 2.34. The number of nitrogens with zero attached hydrogens (tertiary/aromatic N) is 2. The minimum absolute atomic E-state index is 0.0211. The van der Waals surface area contributed by atoms with E-state index in [1.165, 1.54) is 0 Å². The molecule has 6 nitrogen and oxygen atoms in total. The molecule has 1 saturated heterocycles. The van der Waals surface area contributed by atoms with Crippen molar-refractivity contribution >= 4 is 23.3 Å². The standard InChI is InChI=1S/C18H26N4O2/c1-11-4-5-12(2)22(11)13(3)17(23)20-15-8-9-16(19-10-15)21-18(24)14-6-7-14/h8-14H,4-7H2,1-3H3,(H,20,23)(H,19,21,24)/t11-,12-,13+/m1/s1. The number of likely N-dealkylation sites (tertiary alicyclic amines) is 1. The van der Waals surface area contributed by atoms with E-state index in [0.717, 1.165) is 25.7 Å². The predicted molar refractivity (Wildman–Crippen MR) is 93.7 cm³/mol. The molecule has 2 fully saturated rings. The van der Waals surface area contributed by atoms with Gasteiger partial charge < -0.3 is 10.6 Å². The zero-order chi connectivity index (χ0) is 17.3. The molecular formula is C18H26N4O2. The molecule has 24 heavy (non-hydrogen) atoms. The number of rotatable bonds is 5. The van der Waals surface area contributed by atoms with Gasteiger partial charge >= 0.3 is 0 Å². The van der Waals surface area contributed by atoms with Crippen LogP contribution in [0.15, 0.2) is 18.3 Å². The monoisotopic (exact) mass is 330 g/mol.